The molecule has 2 aromatic heterocycles. The minimum atomic E-state index is -0.276. The van der Waals surface area contributed by atoms with Crippen LogP contribution < -0.4 is 10.6 Å². The van der Waals surface area contributed by atoms with E-state index in [4.69, 9.17) is 4.52 Å². The average molecular weight is 414 g/mol. The molecule has 5 nitrogen and oxygen atoms in total. The van der Waals surface area contributed by atoms with Crippen molar-refractivity contribution in [3.63, 3.8) is 0 Å². The molecule has 4 rings (SSSR count). The Morgan fingerprint density at radius 3 is 2.93 bits per heavy atom. The molecule has 1 aliphatic rings. The van der Waals surface area contributed by atoms with Crippen LogP contribution in [0.1, 0.15) is 23.4 Å². The second-order valence-corrected chi connectivity index (χ2v) is 8.50. The third-order valence-corrected chi connectivity index (χ3v) is 6.29. The molecule has 0 spiro atoms. The van der Waals surface area contributed by atoms with E-state index in [1.54, 1.807) is 23.5 Å². The SMILES string of the molecule is O=C(CC1CCNCC1Cc1cc(-c2ccc(F)cc2)on1)NCc1cccs1. The van der Waals surface area contributed by atoms with E-state index < -0.39 is 0 Å². The highest BCUT2D eigenvalue weighted by atomic mass is 32.1. The van der Waals surface area contributed by atoms with Crippen molar-refractivity contribution in [3.8, 4) is 11.3 Å². The van der Waals surface area contributed by atoms with Crippen LogP contribution in [-0.2, 0) is 17.8 Å². The fourth-order valence-corrected chi connectivity index (χ4v) is 4.47. The Hall–Kier alpha value is -2.51. The van der Waals surface area contributed by atoms with Crippen LogP contribution in [0.2, 0.25) is 0 Å². The highest BCUT2D eigenvalue weighted by Crippen LogP contribution is 2.28. The van der Waals surface area contributed by atoms with Crippen molar-refractivity contribution in [1.29, 1.82) is 0 Å². The summed E-state index contributed by atoms with van der Waals surface area (Å²) < 4.78 is 18.6. The maximum Gasteiger partial charge on any atom is 0.220 e. The molecule has 2 atom stereocenters. The number of rotatable bonds is 7. The molecule has 1 amide bonds. The van der Waals surface area contributed by atoms with Gasteiger partial charge in [-0.05, 0) is 73.5 Å². The van der Waals surface area contributed by atoms with E-state index >= 15 is 0 Å². The normalized spacial score (nSPS) is 19.2. The molecule has 0 aliphatic carbocycles. The Bertz CT molecular complexity index is 924. The first-order chi connectivity index (χ1) is 14.2. The highest BCUT2D eigenvalue weighted by molar-refractivity contribution is 7.09. The van der Waals surface area contributed by atoms with Gasteiger partial charge in [-0.15, -0.1) is 11.3 Å². The van der Waals surface area contributed by atoms with E-state index in [0.717, 1.165) is 42.1 Å². The third kappa shape index (κ3) is 5.31. The second kappa shape index (κ2) is 9.33. The van der Waals surface area contributed by atoms with Crippen molar-refractivity contribution in [2.75, 3.05) is 13.1 Å². The van der Waals surface area contributed by atoms with Gasteiger partial charge in [0.15, 0.2) is 5.76 Å². The predicted molar refractivity (Wildman–Crippen MR) is 111 cm³/mol. The smallest absolute Gasteiger partial charge is 0.220 e. The lowest BCUT2D eigenvalue weighted by Crippen LogP contribution is -2.40. The van der Waals surface area contributed by atoms with Gasteiger partial charge in [0.1, 0.15) is 5.82 Å². The molecule has 29 heavy (non-hydrogen) atoms. The lowest BCUT2D eigenvalue weighted by molar-refractivity contribution is -0.122. The number of piperidine rings is 1. The van der Waals surface area contributed by atoms with Crippen LogP contribution in [-0.4, -0.2) is 24.2 Å². The summed E-state index contributed by atoms with van der Waals surface area (Å²) in [6, 6.07) is 12.1. The maximum atomic E-state index is 13.1. The molecule has 152 valence electrons. The molecule has 1 fully saturated rings. The maximum absolute atomic E-state index is 13.1. The van der Waals surface area contributed by atoms with E-state index in [9.17, 15) is 9.18 Å². The van der Waals surface area contributed by atoms with Gasteiger partial charge in [0.25, 0.3) is 0 Å². The summed E-state index contributed by atoms with van der Waals surface area (Å²) in [5, 5.41) is 12.7. The molecule has 7 heteroatoms. The first-order valence-electron chi connectivity index (χ1n) is 9.88. The fraction of sp³-hybridized carbons (Fsp3) is 0.364. The molecule has 3 aromatic rings. The Labute approximate surface area is 173 Å². The molecule has 1 aromatic carbocycles. The van der Waals surface area contributed by atoms with Crippen molar-refractivity contribution in [3.05, 3.63) is 64.2 Å². The predicted octanol–water partition coefficient (Wildman–Crippen LogP) is 4.02. The molecule has 0 bridgehead atoms. The zero-order chi connectivity index (χ0) is 20.1. The largest absolute Gasteiger partial charge is 0.356 e. The van der Waals surface area contributed by atoms with Crippen LogP contribution in [0.4, 0.5) is 4.39 Å². The van der Waals surface area contributed by atoms with Gasteiger partial charge in [-0.25, -0.2) is 4.39 Å². The number of thiophene rings is 1. The number of carbonyl (C=O) groups excluding carboxylic acids is 1. The number of aromatic nitrogens is 1. The van der Waals surface area contributed by atoms with Crippen LogP contribution in [0.25, 0.3) is 11.3 Å². The van der Waals surface area contributed by atoms with Crippen LogP contribution >= 0.6 is 11.3 Å². The molecular formula is C22H24FN3O2S. The number of hydrogen-bond acceptors (Lipinski definition) is 5. The summed E-state index contributed by atoms with van der Waals surface area (Å²) in [4.78, 5) is 13.6. The molecule has 3 heterocycles. The van der Waals surface area contributed by atoms with E-state index in [1.165, 1.54) is 12.1 Å². The van der Waals surface area contributed by atoms with Crippen molar-refractivity contribution in [2.45, 2.75) is 25.8 Å². The van der Waals surface area contributed by atoms with Gasteiger partial charge in [0.05, 0.1) is 12.2 Å². The van der Waals surface area contributed by atoms with E-state index in [2.05, 4.69) is 15.8 Å². The second-order valence-electron chi connectivity index (χ2n) is 7.47. The van der Waals surface area contributed by atoms with Gasteiger partial charge in [-0.2, -0.15) is 0 Å². The van der Waals surface area contributed by atoms with E-state index in [-0.39, 0.29) is 11.7 Å². The molecule has 2 unspecified atom stereocenters. The summed E-state index contributed by atoms with van der Waals surface area (Å²) in [7, 11) is 0. The summed E-state index contributed by atoms with van der Waals surface area (Å²) in [6.07, 6.45) is 2.25. The molecular weight excluding hydrogens is 389 g/mol. The summed E-state index contributed by atoms with van der Waals surface area (Å²) >= 11 is 1.65. The zero-order valence-electron chi connectivity index (χ0n) is 16.1. The summed E-state index contributed by atoms with van der Waals surface area (Å²) in [6.45, 7) is 2.39. The lowest BCUT2D eigenvalue weighted by atomic mass is 9.81. The number of benzene rings is 1. The monoisotopic (exact) mass is 413 g/mol. The topological polar surface area (TPSA) is 67.2 Å². The quantitative estimate of drug-likeness (QED) is 0.614. The first-order valence-corrected chi connectivity index (χ1v) is 10.8. The zero-order valence-corrected chi connectivity index (χ0v) is 16.9. The standard InChI is InChI=1S/C22H24FN3O2S/c23-18-5-3-15(4-6-18)21-12-19(26-28-21)10-17-13-24-8-7-16(17)11-22(27)25-14-20-2-1-9-29-20/h1-6,9,12,16-17,24H,7-8,10-11,13-14H2,(H,25,27). The third-order valence-electron chi connectivity index (χ3n) is 5.41. The fourth-order valence-electron chi connectivity index (χ4n) is 3.82. The van der Waals surface area contributed by atoms with Gasteiger partial charge >= 0.3 is 0 Å². The van der Waals surface area contributed by atoms with Crippen LogP contribution in [0.3, 0.4) is 0 Å². The Morgan fingerprint density at radius 1 is 1.28 bits per heavy atom. The van der Waals surface area contributed by atoms with Gasteiger partial charge in [0.2, 0.25) is 5.91 Å². The van der Waals surface area contributed by atoms with Gasteiger partial charge < -0.3 is 15.2 Å². The summed E-state index contributed by atoms with van der Waals surface area (Å²) in [5.41, 5.74) is 1.67. The van der Waals surface area contributed by atoms with Crippen LogP contribution in [0, 0.1) is 17.7 Å². The van der Waals surface area contributed by atoms with Crippen molar-refractivity contribution in [1.82, 2.24) is 15.8 Å². The van der Waals surface area contributed by atoms with Crippen molar-refractivity contribution >= 4 is 17.2 Å². The van der Waals surface area contributed by atoms with Gasteiger partial charge in [-0.3, -0.25) is 4.79 Å². The van der Waals surface area contributed by atoms with Gasteiger partial charge in [-0.1, -0.05) is 11.2 Å². The minimum absolute atomic E-state index is 0.0995. The van der Waals surface area contributed by atoms with Crippen LogP contribution in [0.15, 0.2) is 52.4 Å². The number of carbonyl (C=O) groups is 1. The number of hydrogen-bond donors (Lipinski definition) is 2. The molecule has 1 saturated heterocycles. The van der Waals surface area contributed by atoms with Gasteiger partial charge in [0, 0.05) is 22.9 Å². The highest BCUT2D eigenvalue weighted by Gasteiger charge is 2.28. The average Bonchev–Trinajstić information content (AvgIpc) is 3.41. The van der Waals surface area contributed by atoms with E-state index in [1.807, 2.05) is 23.6 Å². The number of nitrogens with one attached hydrogen (secondary N) is 2. The summed E-state index contributed by atoms with van der Waals surface area (Å²) in [5.74, 6) is 1.09. The molecule has 2 N–H and O–H groups in total. The van der Waals surface area contributed by atoms with Crippen LogP contribution in [0.5, 0.6) is 0 Å². The molecule has 0 saturated carbocycles. The number of nitrogens with zero attached hydrogens (tertiary/aromatic N) is 1. The molecule has 1 aliphatic heterocycles. The van der Waals surface area contributed by atoms with Crippen molar-refractivity contribution in [2.24, 2.45) is 11.8 Å². The number of halogens is 1. The Kier molecular flexibility index (Phi) is 6.36. The Balaban J connectivity index is 1.35. The minimum Gasteiger partial charge on any atom is -0.356 e. The van der Waals surface area contributed by atoms with E-state index in [0.29, 0.717) is 30.6 Å². The number of amides is 1. The van der Waals surface area contributed by atoms with Crippen molar-refractivity contribution < 1.29 is 13.7 Å². The lowest BCUT2D eigenvalue weighted by Gasteiger charge is -2.31. The Morgan fingerprint density at radius 2 is 2.14 bits per heavy atom. The first kappa shape index (κ1) is 19.8. The molecule has 0 radical (unpaired) electrons.